The summed E-state index contributed by atoms with van der Waals surface area (Å²) in [5.41, 5.74) is 2.03. The molecular formula is C16H16O3. The van der Waals surface area contributed by atoms with E-state index >= 15 is 0 Å². The summed E-state index contributed by atoms with van der Waals surface area (Å²) in [5.74, 6) is 0.266. The highest BCUT2D eigenvalue weighted by molar-refractivity contribution is 6.10. The van der Waals surface area contributed by atoms with Gasteiger partial charge in [-0.1, -0.05) is 31.2 Å². The van der Waals surface area contributed by atoms with Gasteiger partial charge in [-0.05, 0) is 24.1 Å². The molecule has 0 aromatic heterocycles. The van der Waals surface area contributed by atoms with Crippen LogP contribution in [0.2, 0.25) is 0 Å². The largest absolute Gasteiger partial charge is 0.507 e. The van der Waals surface area contributed by atoms with Crippen molar-refractivity contribution in [1.82, 2.24) is 0 Å². The number of rotatable bonds is 4. The van der Waals surface area contributed by atoms with Gasteiger partial charge in [0.1, 0.15) is 11.5 Å². The fourth-order valence-electron chi connectivity index (χ4n) is 1.88. The fourth-order valence-corrected chi connectivity index (χ4v) is 1.88. The van der Waals surface area contributed by atoms with Crippen LogP contribution in [-0.2, 0) is 6.42 Å². The molecule has 2 rings (SSSR count). The Morgan fingerprint density at radius 1 is 1.16 bits per heavy atom. The van der Waals surface area contributed by atoms with E-state index in [1.807, 2.05) is 12.1 Å². The highest BCUT2D eigenvalue weighted by Crippen LogP contribution is 2.25. The van der Waals surface area contributed by atoms with Gasteiger partial charge in [-0.15, -0.1) is 0 Å². The second-order valence-electron chi connectivity index (χ2n) is 4.26. The Morgan fingerprint density at radius 2 is 1.84 bits per heavy atom. The van der Waals surface area contributed by atoms with E-state index in [0.717, 1.165) is 6.42 Å². The molecule has 3 heteroatoms. The Bertz CT molecular complexity index is 585. The standard InChI is InChI=1S/C16H16O3/c1-3-11-4-6-12(7-5-11)16(18)14-9-8-13(19-2)10-15(14)17/h4-10,17H,3H2,1-2H3. The van der Waals surface area contributed by atoms with Crippen molar-refractivity contribution in [3.63, 3.8) is 0 Å². The SMILES string of the molecule is CCc1ccc(C(=O)c2ccc(OC)cc2O)cc1. The predicted octanol–water partition coefficient (Wildman–Crippen LogP) is 3.19. The lowest BCUT2D eigenvalue weighted by atomic mass is 10.0. The lowest BCUT2D eigenvalue weighted by molar-refractivity contribution is 0.103. The predicted molar refractivity (Wildman–Crippen MR) is 73.9 cm³/mol. The number of aryl methyl sites for hydroxylation is 1. The van der Waals surface area contributed by atoms with Crippen LogP contribution in [0.3, 0.4) is 0 Å². The van der Waals surface area contributed by atoms with E-state index in [1.165, 1.54) is 18.7 Å². The third kappa shape index (κ3) is 2.76. The number of hydrogen-bond donors (Lipinski definition) is 1. The van der Waals surface area contributed by atoms with Crippen LogP contribution in [0.1, 0.15) is 28.4 Å². The lowest BCUT2D eigenvalue weighted by Gasteiger charge is -2.06. The fraction of sp³-hybridized carbons (Fsp3) is 0.188. The molecule has 0 fully saturated rings. The molecule has 0 saturated carbocycles. The highest BCUT2D eigenvalue weighted by Gasteiger charge is 2.14. The molecule has 0 saturated heterocycles. The van der Waals surface area contributed by atoms with Crippen molar-refractivity contribution in [2.75, 3.05) is 7.11 Å². The Labute approximate surface area is 112 Å². The number of ether oxygens (including phenoxy) is 1. The molecule has 0 amide bonds. The number of methoxy groups -OCH3 is 1. The summed E-state index contributed by atoms with van der Waals surface area (Å²) in [7, 11) is 1.51. The molecule has 98 valence electrons. The molecular weight excluding hydrogens is 240 g/mol. The van der Waals surface area contributed by atoms with E-state index in [1.54, 1.807) is 24.3 Å². The number of ketones is 1. The van der Waals surface area contributed by atoms with Crippen LogP contribution in [0.4, 0.5) is 0 Å². The zero-order valence-electron chi connectivity index (χ0n) is 11.0. The second kappa shape index (κ2) is 5.57. The Morgan fingerprint density at radius 3 is 2.37 bits per heavy atom. The highest BCUT2D eigenvalue weighted by atomic mass is 16.5. The summed E-state index contributed by atoms with van der Waals surface area (Å²) >= 11 is 0. The minimum atomic E-state index is -0.192. The first-order valence-electron chi connectivity index (χ1n) is 6.16. The van der Waals surface area contributed by atoms with Crippen LogP contribution in [0.5, 0.6) is 11.5 Å². The Hall–Kier alpha value is -2.29. The third-order valence-corrected chi connectivity index (χ3v) is 3.07. The molecule has 0 atom stereocenters. The number of carbonyl (C=O) groups is 1. The number of aromatic hydroxyl groups is 1. The van der Waals surface area contributed by atoms with Crippen molar-refractivity contribution in [2.45, 2.75) is 13.3 Å². The third-order valence-electron chi connectivity index (χ3n) is 3.07. The van der Waals surface area contributed by atoms with Crippen molar-refractivity contribution >= 4 is 5.78 Å². The number of hydrogen-bond acceptors (Lipinski definition) is 3. The Kier molecular flexibility index (Phi) is 3.85. The quantitative estimate of drug-likeness (QED) is 0.854. The van der Waals surface area contributed by atoms with Crippen molar-refractivity contribution in [2.24, 2.45) is 0 Å². The summed E-state index contributed by atoms with van der Waals surface area (Å²) < 4.78 is 4.99. The zero-order valence-corrected chi connectivity index (χ0v) is 11.0. The topological polar surface area (TPSA) is 46.5 Å². The van der Waals surface area contributed by atoms with E-state index in [9.17, 15) is 9.90 Å². The molecule has 1 N–H and O–H groups in total. The van der Waals surface area contributed by atoms with E-state index in [2.05, 4.69) is 6.92 Å². The zero-order chi connectivity index (χ0) is 13.8. The molecule has 3 nitrogen and oxygen atoms in total. The molecule has 0 aliphatic rings. The molecule has 0 aliphatic carbocycles. The van der Waals surface area contributed by atoms with Gasteiger partial charge < -0.3 is 9.84 Å². The molecule has 0 bridgehead atoms. The monoisotopic (exact) mass is 256 g/mol. The van der Waals surface area contributed by atoms with E-state index in [0.29, 0.717) is 11.3 Å². The first-order valence-corrected chi connectivity index (χ1v) is 6.16. The molecule has 19 heavy (non-hydrogen) atoms. The average molecular weight is 256 g/mol. The minimum absolute atomic E-state index is 0.0658. The maximum Gasteiger partial charge on any atom is 0.196 e. The molecule has 0 spiro atoms. The maximum atomic E-state index is 12.3. The van der Waals surface area contributed by atoms with Crippen LogP contribution >= 0.6 is 0 Å². The smallest absolute Gasteiger partial charge is 0.196 e. The van der Waals surface area contributed by atoms with Gasteiger partial charge in [0.05, 0.1) is 12.7 Å². The van der Waals surface area contributed by atoms with Gasteiger partial charge in [0.2, 0.25) is 0 Å². The summed E-state index contributed by atoms with van der Waals surface area (Å²) in [4.78, 5) is 12.3. The molecule has 2 aromatic rings. The van der Waals surface area contributed by atoms with Gasteiger partial charge in [0.15, 0.2) is 5.78 Å². The van der Waals surface area contributed by atoms with Crippen LogP contribution in [0.15, 0.2) is 42.5 Å². The normalized spacial score (nSPS) is 10.2. The first kappa shape index (κ1) is 13.1. The molecule has 0 unspecified atom stereocenters. The second-order valence-corrected chi connectivity index (χ2v) is 4.26. The molecule has 2 aromatic carbocycles. The van der Waals surface area contributed by atoms with E-state index in [-0.39, 0.29) is 17.1 Å². The van der Waals surface area contributed by atoms with Crippen molar-refractivity contribution < 1.29 is 14.6 Å². The molecule has 0 radical (unpaired) electrons. The van der Waals surface area contributed by atoms with Gasteiger partial charge >= 0.3 is 0 Å². The van der Waals surface area contributed by atoms with Gasteiger partial charge in [0.25, 0.3) is 0 Å². The van der Waals surface area contributed by atoms with Crippen LogP contribution in [-0.4, -0.2) is 18.0 Å². The van der Waals surface area contributed by atoms with Gasteiger partial charge in [-0.25, -0.2) is 0 Å². The van der Waals surface area contributed by atoms with Crippen molar-refractivity contribution in [3.05, 3.63) is 59.2 Å². The summed E-state index contributed by atoms with van der Waals surface area (Å²) in [6.07, 6.45) is 0.933. The van der Waals surface area contributed by atoms with Gasteiger partial charge in [-0.2, -0.15) is 0 Å². The number of phenolic OH excluding ortho intramolecular Hbond substituents is 1. The van der Waals surface area contributed by atoms with E-state index < -0.39 is 0 Å². The van der Waals surface area contributed by atoms with Crippen molar-refractivity contribution in [1.29, 1.82) is 0 Å². The van der Waals surface area contributed by atoms with Crippen LogP contribution in [0.25, 0.3) is 0 Å². The number of phenols is 1. The summed E-state index contributed by atoms with van der Waals surface area (Å²) in [5, 5.41) is 9.85. The minimum Gasteiger partial charge on any atom is -0.507 e. The lowest BCUT2D eigenvalue weighted by Crippen LogP contribution is -2.02. The van der Waals surface area contributed by atoms with E-state index in [4.69, 9.17) is 4.74 Å². The number of carbonyl (C=O) groups excluding carboxylic acids is 1. The van der Waals surface area contributed by atoms with Crippen LogP contribution in [0, 0.1) is 0 Å². The van der Waals surface area contributed by atoms with Crippen molar-refractivity contribution in [3.8, 4) is 11.5 Å². The Balaban J connectivity index is 2.32. The summed E-state index contributed by atoms with van der Waals surface area (Å²) in [6.45, 7) is 2.06. The maximum absolute atomic E-state index is 12.3. The number of benzene rings is 2. The summed E-state index contributed by atoms with van der Waals surface area (Å²) in [6, 6.07) is 12.1. The molecule has 0 heterocycles. The van der Waals surface area contributed by atoms with Crippen LogP contribution < -0.4 is 4.74 Å². The molecule has 0 aliphatic heterocycles. The van der Waals surface area contributed by atoms with Gasteiger partial charge in [-0.3, -0.25) is 4.79 Å². The first-order chi connectivity index (χ1) is 9.15. The van der Waals surface area contributed by atoms with Gasteiger partial charge in [0, 0.05) is 11.6 Å². The average Bonchev–Trinajstić information content (AvgIpc) is 2.46.